The summed E-state index contributed by atoms with van der Waals surface area (Å²) in [5, 5.41) is 10.3. The number of benzene rings is 1. The third-order valence-corrected chi connectivity index (χ3v) is 4.18. The van der Waals surface area contributed by atoms with Crippen LogP contribution in [0.25, 0.3) is 0 Å². The second-order valence-electron chi connectivity index (χ2n) is 4.85. The van der Waals surface area contributed by atoms with Crippen molar-refractivity contribution in [3.05, 3.63) is 52.7 Å². The predicted molar refractivity (Wildman–Crippen MR) is 86.8 cm³/mol. The summed E-state index contributed by atoms with van der Waals surface area (Å²) < 4.78 is 0. The van der Waals surface area contributed by atoms with Crippen molar-refractivity contribution in [2.24, 2.45) is 5.10 Å². The highest BCUT2D eigenvalue weighted by atomic mass is 32.1. The van der Waals surface area contributed by atoms with E-state index in [9.17, 15) is 9.59 Å². The molecule has 0 radical (unpaired) electrons. The Morgan fingerprint density at radius 3 is 2.73 bits per heavy atom. The molecule has 0 unspecified atom stereocenters. The van der Waals surface area contributed by atoms with Crippen LogP contribution in [0.15, 0.2) is 52.9 Å². The molecule has 1 aliphatic heterocycles. The number of carbonyl (C=O) groups is 2. The maximum absolute atomic E-state index is 12.2. The van der Waals surface area contributed by atoms with Crippen LogP contribution in [0.2, 0.25) is 0 Å². The molecule has 5 nitrogen and oxygen atoms in total. The standard InChI is InChI=1S/C16H15N3O2S/c20-15-9-8-14(16(21)17-11-13-7-4-10-22-13)18-19(15)12-5-2-1-3-6-12/h1-7,10H,8-9,11H2,(H,17,21). The number of nitrogens with one attached hydrogen (secondary N) is 1. The highest BCUT2D eigenvalue weighted by Gasteiger charge is 2.25. The number of anilines is 1. The minimum absolute atomic E-state index is 0.0963. The van der Waals surface area contributed by atoms with Gasteiger partial charge in [-0.15, -0.1) is 11.3 Å². The molecule has 0 saturated heterocycles. The van der Waals surface area contributed by atoms with Gasteiger partial charge in [0.05, 0.1) is 12.2 Å². The van der Waals surface area contributed by atoms with Gasteiger partial charge in [-0.05, 0) is 23.6 Å². The van der Waals surface area contributed by atoms with E-state index >= 15 is 0 Å². The number of amides is 2. The van der Waals surface area contributed by atoms with Crippen LogP contribution in [0.5, 0.6) is 0 Å². The summed E-state index contributed by atoms with van der Waals surface area (Å²) in [7, 11) is 0. The summed E-state index contributed by atoms with van der Waals surface area (Å²) in [5.74, 6) is -0.317. The zero-order valence-electron chi connectivity index (χ0n) is 11.9. The van der Waals surface area contributed by atoms with Crippen molar-refractivity contribution in [3.8, 4) is 0 Å². The number of rotatable bonds is 4. The van der Waals surface area contributed by atoms with E-state index in [1.54, 1.807) is 23.5 Å². The molecule has 112 valence electrons. The summed E-state index contributed by atoms with van der Waals surface area (Å²) >= 11 is 1.59. The number of hydrogen-bond acceptors (Lipinski definition) is 4. The van der Waals surface area contributed by atoms with Gasteiger partial charge in [-0.1, -0.05) is 24.3 Å². The molecule has 2 amide bonds. The predicted octanol–water partition coefficient (Wildman–Crippen LogP) is 2.55. The first kappa shape index (κ1) is 14.5. The topological polar surface area (TPSA) is 61.8 Å². The van der Waals surface area contributed by atoms with Gasteiger partial charge in [-0.25, -0.2) is 5.01 Å². The molecule has 0 aliphatic carbocycles. The van der Waals surface area contributed by atoms with Crippen LogP contribution in [-0.2, 0) is 16.1 Å². The molecule has 1 aromatic heterocycles. The van der Waals surface area contributed by atoms with Crippen LogP contribution < -0.4 is 10.3 Å². The number of hydrogen-bond donors (Lipinski definition) is 1. The lowest BCUT2D eigenvalue weighted by Crippen LogP contribution is -2.38. The van der Waals surface area contributed by atoms with Crippen molar-refractivity contribution in [1.29, 1.82) is 0 Å². The second kappa shape index (κ2) is 6.53. The first-order chi connectivity index (χ1) is 10.7. The van der Waals surface area contributed by atoms with Gasteiger partial charge in [0.2, 0.25) is 5.91 Å². The Balaban J connectivity index is 1.72. The zero-order valence-corrected chi connectivity index (χ0v) is 12.7. The molecule has 0 saturated carbocycles. The molecule has 0 bridgehead atoms. The number of nitrogens with zero attached hydrogens (tertiary/aromatic N) is 2. The fraction of sp³-hybridized carbons (Fsp3) is 0.188. The fourth-order valence-electron chi connectivity index (χ4n) is 2.17. The van der Waals surface area contributed by atoms with E-state index in [4.69, 9.17) is 0 Å². The average Bonchev–Trinajstić information content (AvgIpc) is 3.07. The lowest BCUT2D eigenvalue weighted by molar-refractivity contribution is -0.118. The van der Waals surface area contributed by atoms with E-state index in [0.29, 0.717) is 30.8 Å². The van der Waals surface area contributed by atoms with Crippen molar-refractivity contribution in [3.63, 3.8) is 0 Å². The molecule has 6 heteroatoms. The largest absolute Gasteiger partial charge is 0.346 e. The van der Waals surface area contributed by atoms with Gasteiger partial charge in [0, 0.05) is 17.7 Å². The van der Waals surface area contributed by atoms with Crippen molar-refractivity contribution in [2.45, 2.75) is 19.4 Å². The number of hydrazone groups is 1. The van der Waals surface area contributed by atoms with E-state index < -0.39 is 0 Å². The number of para-hydroxylation sites is 1. The molecule has 0 spiro atoms. The summed E-state index contributed by atoms with van der Waals surface area (Å²) in [6, 6.07) is 13.1. The van der Waals surface area contributed by atoms with Crippen molar-refractivity contribution >= 4 is 34.6 Å². The van der Waals surface area contributed by atoms with E-state index in [1.165, 1.54) is 5.01 Å². The minimum atomic E-state index is -0.221. The van der Waals surface area contributed by atoms with Crippen LogP contribution in [-0.4, -0.2) is 17.5 Å². The Labute approximate surface area is 132 Å². The quantitative estimate of drug-likeness (QED) is 0.943. The average molecular weight is 313 g/mol. The number of thiophene rings is 1. The van der Waals surface area contributed by atoms with Gasteiger partial charge in [-0.2, -0.15) is 5.10 Å². The van der Waals surface area contributed by atoms with Gasteiger partial charge < -0.3 is 5.32 Å². The monoisotopic (exact) mass is 313 g/mol. The van der Waals surface area contributed by atoms with Crippen LogP contribution in [0.4, 0.5) is 5.69 Å². The van der Waals surface area contributed by atoms with E-state index in [1.807, 2.05) is 35.7 Å². The van der Waals surface area contributed by atoms with Crippen LogP contribution in [0.1, 0.15) is 17.7 Å². The van der Waals surface area contributed by atoms with Gasteiger partial charge >= 0.3 is 0 Å². The third kappa shape index (κ3) is 3.23. The highest BCUT2D eigenvalue weighted by Crippen LogP contribution is 2.19. The lowest BCUT2D eigenvalue weighted by atomic mass is 10.1. The lowest BCUT2D eigenvalue weighted by Gasteiger charge is -2.23. The van der Waals surface area contributed by atoms with Crippen LogP contribution in [0, 0.1) is 0 Å². The molecule has 0 atom stereocenters. The van der Waals surface area contributed by atoms with E-state index in [0.717, 1.165) is 4.88 Å². The first-order valence-electron chi connectivity index (χ1n) is 7.00. The Bertz CT molecular complexity index is 695. The Morgan fingerprint density at radius 2 is 2.00 bits per heavy atom. The SMILES string of the molecule is O=C(NCc1cccs1)C1=NN(c2ccccc2)C(=O)CC1. The van der Waals surface area contributed by atoms with Gasteiger partial charge in [-0.3, -0.25) is 9.59 Å². The van der Waals surface area contributed by atoms with Crippen LogP contribution in [0.3, 0.4) is 0 Å². The second-order valence-corrected chi connectivity index (χ2v) is 5.88. The third-order valence-electron chi connectivity index (χ3n) is 3.30. The van der Waals surface area contributed by atoms with E-state index in [-0.39, 0.29) is 11.8 Å². The smallest absolute Gasteiger partial charge is 0.267 e. The Morgan fingerprint density at radius 1 is 1.18 bits per heavy atom. The molecule has 2 heterocycles. The van der Waals surface area contributed by atoms with Gasteiger partial charge in [0.1, 0.15) is 5.71 Å². The molecule has 1 N–H and O–H groups in total. The summed E-state index contributed by atoms with van der Waals surface area (Å²) in [6.45, 7) is 0.481. The van der Waals surface area contributed by atoms with Crippen molar-refractivity contribution in [2.75, 3.05) is 5.01 Å². The molecule has 2 aromatic rings. The zero-order chi connectivity index (χ0) is 15.4. The molecule has 0 fully saturated rings. The molecule has 3 rings (SSSR count). The summed E-state index contributed by atoms with van der Waals surface area (Å²) in [5.41, 5.74) is 1.07. The molecular weight excluding hydrogens is 298 g/mol. The Kier molecular flexibility index (Phi) is 4.29. The van der Waals surface area contributed by atoms with Crippen molar-refractivity contribution < 1.29 is 9.59 Å². The Hall–Kier alpha value is -2.47. The maximum Gasteiger partial charge on any atom is 0.267 e. The summed E-state index contributed by atoms with van der Waals surface area (Å²) in [4.78, 5) is 25.3. The molecule has 1 aliphatic rings. The van der Waals surface area contributed by atoms with Crippen LogP contribution >= 0.6 is 11.3 Å². The molecular formula is C16H15N3O2S. The maximum atomic E-state index is 12.2. The first-order valence-corrected chi connectivity index (χ1v) is 7.88. The van der Waals surface area contributed by atoms with Crippen molar-refractivity contribution in [1.82, 2.24) is 5.32 Å². The molecule has 1 aromatic carbocycles. The minimum Gasteiger partial charge on any atom is -0.346 e. The van der Waals surface area contributed by atoms with Gasteiger partial charge in [0.15, 0.2) is 0 Å². The molecule has 22 heavy (non-hydrogen) atoms. The fourth-order valence-corrected chi connectivity index (χ4v) is 2.81. The van der Waals surface area contributed by atoms with Gasteiger partial charge in [0.25, 0.3) is 5.91 Å². The van der Waals surface area contributed by atoms with E-state index in [2.05, 4.69) is 10.4 Å². The highest BCUT2D eigenvalue weighted by molar-refractivity contribution is 7.09. The number of carbonyl (C=O) groups excluding carboxylic acids is 2. The summed E-state index contributed by atoms with van der Waals surface area (Å²) in [6.07, 6.45) is 0.665. The normalized spacial score (nSPS) is 14.6.